The number of benzene rings is 1. The molecule has 0 fully saturated rings. The number of hydrogen-bond acceptors (Lipinski definition) is 4. The van der Waals surface area contributed by atoms with Crippen LogP contribution in [0.15, 0.2) is 18.2 Å². The Morgan fingerprint density at radius 1 is 1.05 bits per heavy atom. The molecule has 0 saturated heterocycles. The molecule has 3 nitrogen and oxygen atoms in total. The maximum Gasteiger partial charge on any atom is 0.161 e. The summed E-state index contributed by atoms with van der Waals surface area (Å²) in [7, 11) is 3.34. The van der Waals surface area contributed by atoms with E-state index in [0.717, 1.165) is 18.0 Å². The van der Waals surface area contributed by atoms with Crippen molar-refractivity contribution in [3.8, 4) is 11.5 Å². The molecule has 1 N–H and O–H groups in total. The van der Waals surface area contributed by atoms with E-state index in [2.05, 4.69) is 30.6 Å². The van der Waals surface area contributed by atoms with Crippen molar-refractivity contribution in [2.45, 2.75) is 38.6 Å². The zero-order chi connectivity index (χ0) is 15.5. The molecule has 0 spiro atoms. The molecule has 1 aromatic carbocycles. The van der Waals surface area contributed by atoms with Crippen molar-refractivity contribution in [2.75, 3.05) is 32.8 Å². The number of hydrogen-bond donors (Lipinski definition) is 1. The topological polar surface area (TPSA) is 30.5 Å². The summed E-state index contributed by atoms with van der Waals surface area (Å²) in [6.45, 7) is 3.25. The molecular formula is C17H29NO2S. The SMILES string of the molecule is COc1ccc(C(C)NCCCCCCSC)cc1OC. The van der Waals surface area contributed by atoms with Crippen LogP contribution in [0.3, 0.4) is 0 Å². The van der Waals surface area contributed by atoms with E-state index in [0.29, 0.717) is 6.04 Å². The van der Waals surface area contributed by atoms with Crippen molar-refractivity contribution >= 4 is 11.8 Å². The van der Waals surface area contributed by atoms with E-state index < -0.39 is 0 Å². The van der Waals surface area contributed by atoms with Crippen LogP contribution in [0.25, 0.3) is 0 Å². The fourth-order valence-corrected chi connectivity index (χ4v) is 2.78. The zero-order valence-corrected chi connectivity index (χ0v) is 14.6. The summed E-state index contributed by atoms with van der Waals surface area (Å²) in [6.07, 6.45) is 7.41. The van der Waals surface area contributed by atoms with Crippen molar-refractivity contribution < 1.29 is 9.47 Å². The zero-order valence-electron chi connectivity index (χ0n) is 13.8. The van der Waals surface area contributed by atoms with Crippen molar-refractivity contribution in [1.82, 2.24) is 5.32 Å². The molecule has 0 radical (unpaired) electrons. The Kier molecular flexibility index (Phi) is 9.35. The van der Waals surface area contributed by atoms with E-state index in [1.165, 1.54) is 37.0 Å². The number of methoxy groups -OCH3 is 2. The molecule has 120 valence electrons. The van der Waals surface area contributed by atoms with Gasteiger partial charge in [0.1, 0.15) is 0 Å². The molecule has 21 heavy (non-hydrogen) atoms. The predicted molar refractivity (Wildman–Crippen MR) is 92.8 cm³/mol. The van der Waals surface area contributed by atoms with Crippen LogP contribution in [0.1, 0.15) is 44.2 Å². The summed E-state index contributed by atoms with van der Waals surface area (Å²) in [4.78, 5) is 0. The third-order valence-corrected chi connectivity index (χ3v) is 4.33. The number of unbranched alkanes of at least 4 members (excludes halogenated alkanes) is 3. The molecule has 0 bridgehead atoms. The summed E-state index contributed by atoms with van der Waals surface area (Å²) >= 11 is 1.94. The molecule has 0 saturated carbocycles. The van der Waals surface area contributed by atoms with Gasteiger partial charge < -0.3 is 14.8 Å². The third-order valence-electron chi connectivity index (χ3n) is 3.63. The Morgan fingerprint density at radius 3 is 2.43 bits per heavy atom. The largest absolute Gasteiger partial charge is 0.493 e. The van der Waals surface area contributed by atoms with Crippen LogP contribution < -0.4 is 14.8 Å². The Balaban J connectivity index is 2.33. The summed E-state index contributed by atoms with van der Waals surface area (Å²) in [6, 6.07) is 6.44. The molecule has 0 aromatic heterocycles. The van der Waals surface area contributed by atoms with Gasteiger partial charge in [-0.3, -0.25) is 0 Å². The van der Waals surface area contributed by atoms with Gasteiger partial charge in [0.2, 0.25) is 0 Å². The van der Waals surface area contributed by atoms with Crippen LogP contribution in [0.5, 0.6) is 11.5 Å². The molecular weight excluding hydrogens is 282 g/mol. The lowest BCUT2D eigenvalue weighted by molar-refractivity contribution is 0.354. The highest BCUT2D eigenvalue weighted by Gasteiger charge is 2.09. The number of nitrogens with one attached hydrogen (secondary N) is 1. The van der Waals surface area contributed by atoms with Gasteiger partial charge in [0.25, 0.3) is 0 Å². The minimum Gasteiger partial charge on any atom is -0.493 e. The van der Waals surface area contributed by atoms with Crippen LogP contribution >= 0.6 is 11.8 Å². The maximum atomic E-state index is 5.35. The molecule has 1 atom stereocenters. The Hall–Kier alpha value is -0.870. The average Bonchev–Trinajstić information content (AvgIpc) is 2.53. The molecule has 4 heteroatoms. The van der Waals surface area contributed by atoms with Crippen molar-refractivity contribution in [1.29, 1.82) is 0 Å². The van der Waals surface area contributed by atoms with Gasteiger partial charge in [-0.2, -0.15) is 11.8 Å². The van der Waals surface area contributed by atoms with Crippen molar-refractivity contribution in [2.24, 2.45) is 0 Å². The lowest BCUT2D eigenvalue weighted by atomic mass is 10.1. The number of thioether (sulfide) groups is 1. The normalized spacial score (nSPS) is 12.2. The minimum absolute atomic E-state index is 0.330. The average molecular weight is 311 g/mol. The van der Waals surface area contributed by atoms with E-state index in [-0.39, 0.29) is 0 Å². The molecule has 0 amide bonds. The quantitative estimate of drug-likeness (QED) is 0.618. The second-order valence-electron chi connectivity index (χ2n) is 5.20. The highest BCUT2D eigenvalue weighted by Crippen LogP contribution is 2.29. The second-order valence-corrected chi connectivity index (χ2v) is 6.18. The van der Waals surface area contributed by atoms with Gasteiger partial charge >= 0.3 is 0 Å². The van der Waals surface area contributed by atoms with Gasteiger partial charge in [0.15, 0.2) is 11.5 Å². The highest BCUT2D eigenvalue weighted by atomic mass is 32.2. The Labute approximate surface area is 133 Å². The second kappa shape index (κ2) is 10.8. The molecule has 1 aromatic rings. The van der Waals surface area contributed by atoms with E-state index in [1.54, 1.807) is 14.2 Å². The molecule has 0 heterocycles. The Morgan fingerprint density at radius 2 is 1.76 bits per heavy atom. The number of rotatable bonds is 11. The monoisotopic (exact) mass is 311 g/mol. The van der Waals surface area contributed by atoms with Gasteiger partial charge in [-0.25, -0.2) is 0 Å². The summed E-state index contributed by atoms with van der Waals surface area (Å²) in [5, 5.41) is 3.58. The first-order valence-corrected chi connectivity index (χ1v) is 9.06. The Bertz CT molecular complexity index is 398. The third kappa shape index (κ3) is 6.62. The first-order chi connectivity index (χ1) is 10.2. The van der Waals surface area contributed by atoms with Gasteiger partial charge in [-0.15, -0.1) is 0 Å². The van der Waals surface area contributed by atoms with Gasteiger partial charge in [-0.1, -0.05) is 18.9 Å². The number of ether oxygens (including phenoxy) is 2. The molecule has 1 rings (SSSR count). The van der Waals surface area contributed by atoms with E-state index in [9.17, 15) is 0 Å². The molecule has 1 unspecified atom stereocenters. The molecule has 0 aliphatic heterocycles. The van der Waals surface area contributed by atoms with Crippen LogP contribution in [0.4, 0.5) is 0 Å². The fourth-order valence-electron chi connectivity index (χ4n) is 2.28. The van der Waals surface area contributed by atoms with Crippen molar-refractivity contribution in [3.63, 3.8) is 0 Å². The van der Waals surface area contributed by atoms with Crippen LogP contribution in [0.2, 0.25) is 0 Å². The first-order valence-electron chi connectivity index (χ1n) is 7.67. The van der Waals surface area contributed by atoms with E-state index >= 15 is 0 Å². The maximum absolute atomic E-state index is 5.35. The smallest absolute Gasteiger partial charge is 0.161 e. The van der Waals surface area contributed by atoms with Crippen molar-refractivity contribution in [3.05, 3.63) is 23.8 Å². The van der Waals surface area contributed by atoms with Crippen LogP contribution in [-0.4, -0.2) is 32.8 Å². The van der Waals surface area contributed by atoms with Crippen LogP contribution in [0, 0.1) is 0 Å². The van der Waals surface area contributed by atoms with Gasteiger partial charge in [0.05, 0.1) is 14.2 Å². The van der Waals surface area contributed by atoms with Gasteiger partial charge in [-0.05, 0) is 56.0 Å². The van der Waals surface area contributed by atoms with Crippen LogP contribution in [-0.2, 0) is 0 Å². The van der Waals surface area contributed by atoms with E-state index in [4.69, 9.17) is 9.47 Å². The lowest BCUT2D eigenvalue weighted by Gasteiger charge is -2.16. The summed E-state index contributed by atoms with van der Waals surface area (Å²) in [5.74, 6) is 2.86. The predicted octanol–water partition coefficient (Wildman–Crippen LogP) is 4.28. The summed E-state index contributed by atoms with van der Waals surface area (Å²) in [5.41, 5.74) is 1.23. The minimum atomic E-state index is 0.330. The highest BCUT2D eigenvalue weighted by molar-refractivity contribution is 7.98. The fraction of sp³-hybridized carbons (Fsp3) is 0.647. The van der Waals surface area contributed by atoms with Gasteiger partial charge in [0, 0.05) is 6.04 Å². The summed E-state index contributed by atoms with van der Waals surface area (Å²) < 4.78 is 10.6. The standard InChI is InChI=1S/C17H29NO2S/c1-14(18-11-7-5-6-8-12-21-4)15-9-10-16(19-2)17(13-15)20-3/h9-10,13-14,18H,5-8,11-12H2,1-4H3. The lowest BCUT2D eigenvalue weighted by Crippen LogP contribution is -2.19. The molecule has 0 aliphatic rings. The van der Waals surface area contributed by atoms with E-state index in [1.807, 2.05) is 17.8 Å². The molecule has 0 aliphatic carbocycles. The first kappa shape index (κ1) is 18.2.